The lowest BCUT2D eigenvalue weighted by molar-refractivity contribution is 0.736. The summed E-state index contributed by atoms with van der Waals surface area (Å²) in [6, 6.07) is 0. The lowest BCUT2D eigenvalue weighted by Crippen LogP contribution is -2.21. The minimum Gasteiger partial charge on any atom is -0.295 e. The van der Waals surface area contributed by atoms with E-state index in [2.05, 4.69) is 17.6 Å². The van der Waals surface area contributed by atoms with Gasteiger partial charge in [-0.3, -0.25) is 4.57 Å². The summed E-state index contributed by atoms with van der Waals surface area (Å²) in [6.07, 6.45) is 7.16. The third-order valence-corrected chi connectivity index (χ3v) is 1.77. The van der Waals surface area contributed by atoms with Crippen LogP contribution in [0.15, 0.2) is 29.3 Å². The third-order valence-electron chi connectivity index (χ3n) is 1.56. The standard InChI is InChI=1S/C9H12N2OS/c1-8-6-10-9(12)11(7-8)4-2-3-5-13/h2-3,6-7,13H,4-5H2,1H3. The highest BCUT2D eigenvalue weighted by atomic mass is 32.1. The molecule has 0 atom stereocenters. The smallest absolute Gasteiger partial charge is 0.295 e. The van der Waals surface area contributed by atoms with Crippen molar-refractivity contribution in [3.05, 3.63) is 40.6 Å². The van der Waals surface area contributed by atoms with Gasteiger partial charge in [-0.15, -0.1) is 0 Å². The monoisotopic (exact) mass is 196 g/mol. The average molecular weight is 196 g/mol. The van der Waals surface area contributed by atoms with Crippen LogP contribution in [-0.2, 0) is 6.54 Å². The Kier molecular flexibility index (Phi) is 3.76. The molecule has 0 radical (unpaired) electrons. The van der Waals surface area contributed by atoms with Crippen LogP contribution >= 0.6 is 12.6 Å². The lowest BCUT2D eigenvalue weighted by atomic mass is 10.4. The van der Waals surface area contributed by atoms with Crippen molar-refractivity contribution in [3.63, 3.8) is 0 Å². The predicted molar refractivity (Wildman–Crippen MR) is 56.2 cm³/mol. The fourth-order valence-electron chi connectivity index (χ4n) is 0.959. The van der Waals surface area contributed by atoms with Crippen LogP contribution in [0.3, 0.4) is 0 Å². The second-order valence-corrected chi connectivity index (χ2v) is 3.09. The molecule has 4 heteroatoms. The highest BCUT2D eigenvalue weighted by molar-refractivity contribution is 7.80. The van der Waals surface area contributed by atoms with E-state index < -0.39 is 0 Å². The average Bonchev–Trinajstić information content (AvgIpc) is 2.11. The van der Waals surface area contributed by atoms with Crippen LogP contribution in [0.4, 0.5) is 0 Å². The van der Waals surface area contributed by atoms with E-state index in [-0.39, 0.29) is 5.69 Å². The minimum absolute atomic E-state index is 0.214. The van der Waals surface area contributed by atoms with Crippen LogP contribution in [0.25, 0.3) is 0 Å². The first-order chi connectivity index (χ1) is 6.24. The number of rotatable bonds is 3. The predicted octanol–water partition coefficient (Wildman–Crippen LogP) is 1.04. The summed E-state index contributed by atoms with van der Waals surface area (Å²) in [7, 11) is 0. The van der Waals surface area contributed by atoms with Crippen molar-refractivity contribution in [3.8, 4) is 0 Å². The molecule has 0 aliphatic heterocycles. The second kappa shape index (κ2) is 4.87. The van der Waals surface area contributed by atoms with E-state index in [1.807, 2.05) is 19.1 Å². The zero-order chi connectivity index (χ0) is 9.68. The molecule has 0 spiro atoms. The molecule has 70 valence electrons. The maximum atomic E-state index is 11.2. The van der Waals surface area contributed by atoms with E-state index in [1.165, 1.54) is 0 Å². The molecule has 3 nitrogen and oxygen atoms in total. The maximum absolute atomic E-state index is 11.2. The molecule has 0 aromatic carbocycles. The Labute approximate surface area is 82.5 Å². The van der Waals surface area contributed by atoms with E-state index in [0.29, 0.717) is 12.3 Å². The molecule has 1 heterocycles. The normalized spacial score (nSPS) is 10.9. The molecule has 1 rings (SSSR count). The highest BCUT2D eigenvalue weighted by Crippen LogP contribution is 1.90. The fraction of sp³-hybridized carbons (Fsp3) is 0.333. The van der Waals surface area contributed by atoms with Crippen molar-refractivity contribution in [1.29, 1.82) is 0 Å². The Hall–Kier alpha value is -1.03. The van der Waals surface area contributed by atoms with Gasteiger partial charge in [-0.25, -0.2) is 9.78 Å². The number of thiol groups is 1. The summed E-state index contributed by atoms with van der Waals surface area (Å²) >= 11 is 4.02. The molecule has 0 fully saturated rings. The van der Waals surface area contributed by atoms with Crippen LogP contribution < -0.4 is 5.69 Å². The number of hydrogen-bond acceptors (Lipinski definition) is 3. The number of hydrogen-bond donors (Lipinski definition) is 1. The number of aromatic nitrogens is 2. The SMILES string of the molecule is Cc1cnc(=O)n(CC=CCS)c1. The van der Waals surface area contributed by atoms with Gasteiger partial charge in [-0.05, 0) is 12.5 Å². The third kappa shape index (κ3) is 3.06. The van der Waals surface area contributed by atoms with Gasteiger partial charge in [0.1, 0.15) is 0 Å². The van der Waals surface area contributed by atoms with Gasteiger partial charge in [0, 0.05) is 24.7 Å². The molecule has 0 bridgehead atoms. The van der Waals surface area contributed by atoms with Gasteiger partial charge < -0.3 is 0 Å². The number of nitrogens with zero attached hydrogens (tertiary/aromatic N) is 2. The Morgan fingerprint density at radius 3 is 3.08 bits per heavy atom. The van der Waals surface area contributed by atoms with Crippen LogP contribution in [0.2, 0.25) is 0 Å². The largest absolute Gasteiger partial charge is 0.347 e. The Morgan fingerprint density at radius 1 is 1.62 bits per heavy atom. The highest BCUT2D eigenvalue weighted by Gasteiger charge is 1.93. The van der Waals surface area contributed by atoms with Crippen molar-refractivity contribution >= 4 is 12.6 Å². The maximum Gasteiger partial charge on any atom is 0.347 e. The van der Waals surface area contributed by atoms with Crippen molar-refractivity contribution in [1.82, 2.24) is 9.55 Å². The van der Waals surface area contributed by atoms with Gasteiger partial charge in [0.05, 0.1) is 0 Å². The first-order valence-corrected chi connectivity index (χ1v) is 4.66. The summed E-state index contributed by atoms with van der Waals surface area (Å²) < 4.78 is 1.56. The molecule has 0 N–H and O–H groups in total. The van der Waals surface area contributed by atoms with E-state index in [0.717, 1.165) is 5.56 Å². The summed E-state index contributed by atoms with van der Waals surface area (Å²) in [4.78, 5) is 14.9. The van der Waals surface area contributed by atoms with Gasteiger partial charge in [0.2, 0.25) is 0 Å². The Morgan fingerprint density at radius 2 is 2.38 bits per heavy atom. The number of allylic oxidation sites excluding steroid dienone is 1. The lowest BCUT2D eigenvalue weighted by Gasteiger charge is -2.00. The van der Waals surface area contributed by atoms with E-state index in [1.54, 1.807) is 17.0 Å². The molecule has 1 aromatic heterocycles. The van der Waals surface area contributed by atoms with Crippen molar-refractivity contribution in [2.75, 3.05) is 5.75 Å². The molecule has 0 amide bonds. The summed E-state index contributed by atoms with van der Waals surface area (Å²) in [6.45, 7) is 2.47. The molecule has 1 aromatic rings. The quantitative estimate of drug-likeness (QED) is 0.579. The van der Waals surface area contributed by atoms with E-state index in [4.69, 9.17) is 0 Å². The first kappa shape index (κ1) is 10.1. The van der Waals surface area contributed by atoms with Gasteiger partial charge in [-0.1, -0.05) is 12.2 Å². The molecular weight excluding hydrogens is 184 g/mol. The molecule has 13 heavy (non-hydrogen) atoms. The number of aryl methyl sites for hydroxylation is 1. The molecule has 0 saturated carbocycles. The van der Waals surface area contributed by atoms with Gasteiger partial charge >= 0.3 is 5.69 Å². The first-order valence-electron chi connectivity index (χ1n) is 4.03. The summed E-state index contributed by atoms with van der Waals surface area (Å²) in [5.74, 6) is 0.688. The minimum atomic E-state index is -0.214. The van der Waals surface area contributed by atoms with Gasteiger partial charge in [-0.2, -0.15) is 12.6 Å². The topological polar surface area (TPSA) is 34.9 Å². The van der Waals surface area contributed by atoms with Crippen molar-refractivity contribution in [2.45, 2.75) is 13.5 Å². The van der Waals surface area contributed by atoms with Crippen LogP contribution in [0.1, 0.15) is 5.56 Å². The van der Waals surface area contributed by atoms with Crippen LogP contribution in [0, 0.1) is 6.92 Å². The van der Waals surface area contributed by atoms with Crippen molar-refractivity contribution < 1.29 is 0 Å². The van der Waals surface area contributed by atoms with Crippen molar-refractivity contribution in [2.24, 2.45) is 0 Å². The zero-order valence-corrected chi connectivity index (χ0v) is 8.37. The molecule has 0 unspecified atom stereocenters. The second-order valence-electron chi connectivity index (χ2n) is 2.72. The Balaban J connectivity index is 2.82. The van der Waals surface area contributed by atoms with Gasteiger partial charge in [0.25, 0.3) is 0 Å². The molecule has 0 saturated heterocycles. The zero-order valence-electron chi connectivity index (χ0n) is 7.47. The van der Waals surface area contributed by atoms with Crippen LogP contribution in [-0.4, -0.2) is 15.3 Å². The van der Waals surface area contributed by atoms with Gasteiger partial charge in [0.15, 0.2) is 0 Å². The summed E-state index contributed by atoms with van der Waals surface area (Å²) in [5.41, 5.74) is 0.772. The van der Waals surface area contributed by atoms with E-state index in [9.17, 15) is 4.79 Å². The molecule has 0 aliphatic rings. The molecule has 0 aliphatic carbocycles. The molecular formula is C9H12N2OS. The summed E-state index contributed by atoms with van der Waals surface area (Å²) in [5, 5.41) is 0. The van der Waals surface area contributed by atoms with E-state index >= 15 is 0 Å². The van der Waals surface area contributed by atoms with Crippen LogP contribution in [0.5, 0.6) is 0 Å². The Bertz CT molecular complexity index is 357. The fourth-order valence-corrected chi connectivity index (χ4v) is 1.11.